The number of halogens is 2. The number of nitrogens with one attached hydrogen (secondary N) is 2. The molecule has 1 unspecified atom stereocenters. The van der Waals surface area contributed by atoms with Crippen molar-refractivity contribution < 1.29 is 23.0 Å². The highest BCUT2D eigenvalue weighted by Gasteiger charge is 2.18. The molecule has 0 bridgehead atoms. The Morgan fingerprint density at radius 1 is 1.50 bits per heavy atom. The number of carbonyl (C=O) groups is 1. The molecule has 0 saturated carbocycles. The van der Waals surface area contributed by atoms with Crippen LogP contribution in [0.1, 0.15) is 10.4 Å². The molecule has 2 N–H and O–H groups in total. The van der Waals surface area contributed by atoms with Crippen molar-refractivity contribution in [2.24, 2.45) is 0 Å². The van der Waals surface area contributed by atoms with Gasteiger partial charge in [0.25, 0.3) is 5.91 Å². The molecule has 0 aliphatic carbocycles. The van der Waals surface area contributed by atoms with Gasteiger partial charge in [-0.3, -0.25) is 4.79 Å². The number of carbonyl (C=O) groups excluding carboxylic acids is 1. The van der Waals surface area contributed by atoms with E-state index in [1.165, 1.54) is 18.2 Å². The lowest BCUT2D eigenvalue weighted by molar-refractivity contribution is -0.0501. The molecule has 1 heterocycles. The van der Waals surface area contributed by atoms with Crippen LogP contribution >= 0.6 is 0 Å². The van der Waals surface area contributed by atoms with Crippen molar-refractivity contribution in [2.75, 3.05) is 26.2 Å². The van der Waals surface area contributed by atoms with Crippen LogP contribution < -0.4 is 15.4 Å². The fourth-order valence-corrected chi connectivity index (χ4v) is 1.91. The van der Waals surface area contributed by atoms with E-state index in [1.54, 1.807) is 6.07 Å². The van der Waals surface area contributed by atoms with Crippen LogP contribution in [-0.2, 0) is 4.74 Å². The second-order valence-corrected chi connectivity index (χ2v) is 4.28. The normalized spacial score (nSPS) is 18.9. The summed E-state index contributed by atoms with van der Waals surface area (Å²) >= 11 is 0. The van der Waals surface area contributed by atoms with E-state index in [-0.39, 0.29) is 17.4 Å². The van der Waals surface area contributed by atoms with E-state index in [9.17, 15) is 13.6 Å². The summed E-state index contributed by atoms with van der Waals surface area (Å²) in [6.45, 7) is -0.624. The quantitative estimate of drug-likeness (QED) is 0.848. The number of para-hydroxylation sites is 1. The van der Waals surface area contributed by atoms with Crippen molar-refractivity contribution in [2.45, 2.75) is 12.7 Å². The minimum Gasteiger partial charge on any atom is -0.434 e. The van der Waals surface area contributed by atoms with Crippen molar-refractivity contribution in [3.05, 3.63) is 29.8 Å². The molecule has 1 atom stereocenters. The lowest BCUT2D eigenvalue weighted by atomic mass is 10.2. The molecule has 20 heavy (non-hydrogen) atoms. The van der Waals surface area contributed by atoms with Crippen LogP contribution in [0.2, 0.25) is 0 Å². The van der Waals surface area contributed by atoms with Gasteiger partial charge >= 0.3 is 6.61 Å². The summed E-state index contributed by atoms with van der Waals surface area (Å²) in [7, 11) is 0. The molecule has 5 nitrogen and oxygen atoms in total. The molecule has 1 saturated heterocycles. The first-order valence-electron chi connectivity index (χ1n) is 6.31. The predicted octanol–water partition coefficient (Wildman–Crippen LogP) is 1.01. The number of amides is 1. The van der Waals surface area contributed by atoms with Crippen LogP contribution in [0.3, 0.4) is 0 Å². The summed E-state index contributed by atoms with van der Waals surface area (Å²) in [6.07, 6.45) is -0.115. The summed E-state index contributed by atoms with van der Waals surface area (Å²) in [5.41, 5.74) is 0.0802. The molecule has 110 valence electrons. The van der Waals surface area contributed by atoms with E-state index < -0.39 is 12.5 Å². The molecule has 2 rings (SSSR count). The highest BCUT2D eigenvalue weighted by Crippen LogP contribution is 2.20. The fraction of sp³-hybridized carbons (Fsp3) is 0.462. The first-order valence-corrected chi connectivity index (χ1v) is 6.31. The van der Waals surface area contributed by atoms with E-state index in [4.69, 9.17) is 4.74 Å². The molecule has 0 aromatic heterocycles. The van der Waals surface area contributed by atoms with E-state index in [0.29, 0.717) is 19.7 Å². The van der Waals surface area contributed by atoms with Crippen molar-refractivity contribution in [3.8, 4) is 5.75 Å². The average Bonchev–Trinajstić information content (AvgIpc) is 2.46. The summed E-state index contributed by atoms with van der Waals surface area (Å²) in [6, 6.07) is 5.89. The van der Waals surface area contributed by atoms with Crippen LogP contribution in [0.15, 0.2) is 24.3 Å². The van der Waals surface area contributed by atoms with E-state index in [0.717, 1.165) is 6.54 Å². The van der Waals surface area contributed by atoms with Crippen molar-refractivity contribution in [1.29, 1.82) is 0 Å². The molecule has 1 fully saturated rings. The number of rotatable bonds is 5. The van der Waals surface area contributed by atoms with Gasteiger partial charge in [0.15, 0.2) is 0 Å². The van der Waals surface area contributed by atoms with Gasteiger partial charge in [-0.05, 0) is 12.1 Å². The first-order chi connectivity index (χ1) is 9.66. The third kappa shape index (κ3) is 4.14. The van der Waals surface area contributed by atoms with Gasteiger partial charge in [0.1, 0.15) is 5.75 Å². The number of alkyl halides is 2. The Balaban J connectivity index is 1.94. The Labute approximate surface area is 115 Å². The molecule has 1 aliphatic rings. The van der Waals surface area contributed by atoms with Crippen molar-refractivity contribution in [1.82, 2.24) is 10.6 Å². The predicted molar refractivity (Wildman–Crippen MR) is 68.0 cm³/mol. The van der Waals surface area contributed by atoms with Crippen LogP contribution in [-0.4, -0.2) is 44.9 Å². The van der Waals surface area contributed by atoms with E-state index in [1.807, 2.05) is 0 Å². The summed E-state index contributed by atoms with van der Waals surface area (Å²) in [5, 5.41) is 5.79. The van der Waals surface area contributed by atoms with E-state index >= 15 is 0 Å². The Kier molecular flexibility index (Phi) is 5.25. The number of hydrogen-bond donors (Lipinski definition) is 2. The maximum atomic E-state index is 12.3. The van der Waals surface area contributed by atoms with Crippen LogP contribution in [0.4, 0.5) is 8.78 Å². The van der Waals surface area contributed by atoms with Crippen LogP contribution in [0, 0.1) is 0 Å². The lowest BCUT2D eigenvalue weighted by Crippen LogP contribution is -2.45. The molecular weight excluding hydrogens is 270 g/mol. The van der Waals surface area contributed by atoms with Gasteiger partial charge < -0.3 is 20.1 Å². The van der Waals surface area contributed by atoms with Crippen LogP contribution in [0.25, 0.3) is 0 Å². The summed E-state index contributed by atoms with van der Waals surface area (Å²) < 4.78 is 34.3. The molecular formula is C13H16F2N2O3. The highest BCUT2D eigenvalue weighted by molar-refractivity contribution is 5.96. The average molecular weight is 286 g/mol. The van der Waals surface area contributed by atoms with Gasteiger partial charge in [-0.15, -0.1) is 0 Å². The minimum absolute atomic E-state index is 0.0802. The Morgan fingerprint density at radius 2 is 2.30 bits per heavy atom. The topological polar surface area (TPSA) is 59.6 Å². The zero-order valence-electron chi connectivity index (χ0n) is 10.8. The number of morpholine rings is 1. The van der Waals surface area contributed by atoms with Crippen LogP contribution in [0.5, 0.6) is 5.75 Å². The molecule has 7 heteroatoms. The van der Waals surface area contributed by atoms with Crippen molar-refractivity contribution in [3.63, 3.8) is 0 Å². The van der Waals surface area contributed by atoms with Crippen molar-refractivity contribution >= 4 is 5.91 Å². The second-order valence-electron chi connectivity index (χ2n) is 4.28. The fourth-order valence-electron chi connectivity index (χ4n) is 1.91. The Morgan fingerprint density at radius 3 is 3.00 bits per heavy atom. The third-order valence-corrected chi connectivity index (χ3v) is 2.84. The molecule has 0 radical (unpaired) electrons. The number of benzene rings is 1. The molecule has 0 spiro atoms. The molecule has 1 aliphatic heterocycles. The molecule has 1 aromatic carbocycles. The van der Waals surface area contributed by atoms with Gasteiger partial charge in [-0.2, -0.15) is 8.78 Å². The zero-order valence-corrected chi connectivity index (χ0v) is 10.8. The van der Waals surface area contributed by atoms with Gasteiger partial charge in [0, 0.05) is 19.6 Å². The largest absolute Gasteiger partial charge is 0.434 e. The van der Waals surface area contributed by atoms with E-state index in [2.05, 4.69) is 15.4 Å². The maximum Gasteiger partial charge on any atom is 0.387 e. The standard InChI is InChI=1S/C13H16F2N2O3/c14-13(15)20-11-4-2-1-3-10(11)12(18)17-8-9-7-16-5-6-19-9/h1-4,9,13,16H,5-8H2,(H,17,18). The second kappa shape index (κ2) is 7.16. The summed E-state index contributed by atoms with van der Waals surface area (Å²) in [5.74, 6) is -0.599. The first kappa shape index (κ1) is 14.7. The number of hydrogen-bond acceptors (Lipinski definition) is 4. The van der Waals surface area contributed by atoms with Gasteiger partial charge in [-0.25, -0.2) is 0 Å². The monoisotopic (exact) mass is 286 g/mol. The third-order valence-electron chi connectivity index (χ3n) is 2.84. The van der Waals surface area contributed by atoms with Gasteiger partial charge in [0.05, 0.1) is 18.3 Å². The Hall–Kier alpha value is -1.73. The highest BCUT2D eigenvalue weighted by atomic mass is 19.3. The summed E-state index contributed by atoms with van der Waals surface area (Å²) in [4.78, 5) is 12.0. The van der Waals surface area contributed by atoms with Gasteiger partial charge in [0.2, 0.25) is 0 Å². The molecule has 1 aromatic rings. The minimum atomic E-state index is -2.96. The Bertz CT molecular complexity index is 451. The van der Waals surface area contributed by atoms with Gasteiger partial charge in [-0.1, -0.05) is 12.1 Å². The zero-order chi connectivity index (χ0) is 14.4. The molecule has 1 amide bonds. The maximum absolute atomic E-state index is 12.3. The smallest absolute Gasteiger partial charge is 0.387 e. The lowest BCUT2D eigenvalue weighted by Gasteiger charge is -2.23. The number of ether oxygens (including phenoxy) is 2. The SMILES string of the molecule is O=C(NCC1CNCCO1)c1ccccc1OC(F)F.